The minimum Gasteiger partial charge on any atom is -0.458 e. The van der Waals surface area contributed by atoms with Gasteiger partial charge in [0.2, 0.25) is 0 Å². The Morgan fingerprint density at radius 1 is 0.574 bits per heavy atom. The number of rotatable bonds is 4. The van der Waals surface area contributed by atoms with Gasteiger partial charge >= 0.3 is 0 Å². The molecule has 258 valence electrons. The first-order chi connectivity index (χ1) is 26.5. The summed E-state index contributed by atoms with van der Waals surface area (Å²) >= 11 is 0. The lowest BCUT2D eigenvalue weighted by Gasteiger charge is -2.41. The highest BCUT2D eigenvalue weighted by Crippen LogP contribution is 2.50. The van der Waals surface area contributed by atoms with E-state index in [0.29, 0.717) is 0 Å². The van der Waals surface area contributed by atoms with E-state index < -0.39 is 0 Å². The molecule has 7 aromatic carbocycles. The van der Waals surface area contributed by atoms with Gasteiger partial charge in [0.25, 0.3) is 6.71 Å². The molecular formula is C49H37BN2O2. The van der Waals surface area contributed by atoms with Crippen LogP contribution in [-0.4, -0.2) is 6.71 Å². The van der Waals surface area contributed by atoms with E-state index in [-0.39, 0.29) is 12.1 Å². The normalized spacial score (nSPS) is 15.5. The molecule has 3 aliphatic heterocycles. The molecule has 0 atom stereocenters. The number of nitrogens with zero attached hydrogens (tertiary/aromatic N) is 2. The van der Waals surface area contributed by atoms with Crippen LogP contribution in [0.5, 0.6) is 23.0 Å². The zero-order chi connectivity index (χ0) is 36.0. The Kier molecular flexibility index (Phi) is 6.78. The fourth-order valence-corrected chi connectivity index (χ4v) is 9.24. The van der Waals surface area contributed by atoms with Crippen molar-refractivity contribution in [2.45, 2.75) is 32.1 Å². The van der Waals surface area contributed by atoms with E-state index in [1.54, 1.807) is 0 Å². The van der Waals surface area contributed by atoms with Crippen molar-refractivity contribution in [1.82, 2.24) is 0 Å². The molecule has 4 aliphatic rings. The van der Waals surface area contributed by atoms with Crippen LogP contribution in [0.25, 0.3) is 10.8 Å². The predicted molar refractivity (Wildman–Crippen MR) is 223 cm³/mol. The van der Waals surface area contributed by atoms with Crippen LogP contribution in [0.1, 0.15) is 37.8 Å². The summed E-state index contributed by atoms with van der Waals surface area (Å²) in [5.41, 5.74) is 12.6. The molecular weight excluding hydrogens is 659 g/mol. The van der Waals surface area contributed by atoms with E-state index in [4.69, 9.17) is 9.47 Å². The van der Waals surface area contributed by atoms with Crippen LogP contribution >= 0.6 is 0 Å². The number of ether oxygens (including phenoxy) is 2. The maximum Gasteiger partial charge on any atom is 0.257 e. The van der Waals surface area contributed by atoms with Crippen LogP contribution in [0.4, 0.5) is 28.4 Å². The summed E-state index contributed by atoms with van der Waals surface area (Å²) in [5.74, 6) is 3.57. The van der Waals surface area contributed by atoms with Gasteiger partial charge in [-0.2, -0.15) is 0 Å². The molecule has 0 radical (unpaired) electrons. The molecule has 1 aliphatic carbocycles. The molecule has 3 heterocycles. The first-order valence-electron chi connectivity index (χ1n) is 18.9. The van der Waals surface area contributed by atoms with E-state index >= 15 is 0 Å². The highest BCUT2D eigenvalue weighted by atomic mass is 16.5. The van der Waals surface area contributed by atoms with Gasteiger partial charge in [-0.25, -0.2) is 0 Å². The molecule has 0 unspecified atom stereocenters. The molecule has 0 saturated heterocycles. The standard InChI is InChI=1S/C49H37BN2O2/c1-49(2)38-20-11-12-22-43(38)53-45-30-35(25-27-39(45)49)51(33-15-5-3-6-16-33)36-26-28-40-46(31-36)54-44-23-13-21-41-48(44)50(40)47-37-19-10-9-14-32(37)24-29-42(47)52(41)34-17-7-4-8-18-34/h3,5-7,9-31H,4,8H2,1-2H3. The summed E-state index contributed by atoms with van der Waals surface area (Å²) in [6.07, 6.45) is 9.03. The molecule has 0 N–H and O–H groups in total. The SMILES string of the molecule is CC1(C)c2ccccc2Oc2cc(N(c3ccccc3)c3ccc4c(c3)Oc3cccc5c3B4c3c(ccc4ccccc34)N5C3=CCCC=C3)ccc21. The third-order valence-electron chi connectivity index (χ3n) is 11.8. The van der Waals surface area contributed by atoms with Crippen molar-refractivity contribution in [2.75, 3.05) is 9.80 Å². The van der Waals surface area contributed by atoms with E-state index in [0.717, 1.165) is 52.9 Å². The van der Waals surface area contributed by atoms with Crippen molar-refractivity contribution in [3.8, 4) is 23.0 Å². The van der Waals surface area contributed by atoms with Gasteiger partial charge in [0, 0.05) is 62.8 Å². The van der Waals surface area contributed by atoms with Crippen LogP contribution in [0.15, 0.2) is 170 Å². The van der Waals surface area contributed by atoms with Crippen LogP contribution in [0.3, 0.4) is 0 Å². The maximum absolute atomic E-state index is 6.99. The summed E-state index contributed by atoms with van der Waals surface area (Å²) in [6, 6.07) is 52.3. The fraction of sp³-hybridized carbons (Fsp3) is 0.102. The summed E-state index contributed by atoms with van der Waals surface area (Å²) in [5, 5.41) is 2.51. The van der Waals surface area contributed by atoms with Gasteiger partial charge in [-0.3, -0.25) is 0 Å². The molecule has 0 bridgehead atoms. The van der Waals surface area contributed by atoms with Crippen molar-refractivity contribution in [3.63, 3.8) is 0 Å². The average molecular weight is 697 g/mol. The van der Waals surface area contributed by atoms with Gasteiger partial charge in [-0.05, 0) is 94.6 Å². The number of hydrogen-bond acceptors (Lipinski definition) is 4. The third-order valence-corrected chi connectivity index (χ3v) is 11.8. The number of hydrogen-bond donors (Lipinski definition) is 0. The highest BCUT2D eigenvalue weighted by Gasteiger charge is 2.43. The second kappa shape index (κ2) is 11.8. The lowest BCUT2D eigenvalue weighted by molar-refractivity contribution is 0.418. The van der Waals surface area contributed by atoms with Crippen molar-refractivity contribution < 1.29 is 9.47 Å². The number of para-hydroxylation sites is 2. The first kappa shape index (κ1) is 31.1. The zero-order valence-corrected chi connectivity index (χ0v) is 30.3. The Balaban J connectivity index is 1.08. The Bertz CT molecular complexity index is 2730. The van der Waals surface area contributed by atoms with E-state index in [1.807, 2.05) is 6.07 Å². The third kappa shape index (κ3) is 4.58. The molecule has 0 spiro atoms. The maximum atomic E-state index is 6.99. The van der Waals surface area contributed by atoms with Crippen LogP contribution in [0.2, 0.25) is 0 Å². The fourth-order valence-electron chi connectivity index (χ4n) is 9.24. The molecule has 7 aromatic rings. The number of fused-ring (bicyclic) bond motifs is 8. The van der Waals surface area contributed by atoms with E-state index in [1.165, 1.54) is 55.4 Å². The Morgan fingerprint density at radius 2 is 1.30 bits per heavy atom. The van der Waals surface area contributed by atoms with Crippen LogP contribution in [-0.2, 0) is 5.41 Å². The number of allylic oxidation sites excluding steroid dienone is 3. The molecule has 4 nitrogen and oxygen atoms in total. The summed E-state index contributed by atoms with van der Waals surface area (Å²) < 4.78 is 13.6. The Morgan fingerprint density at radius 3 is 2.17 bits per heavy atom. The summed E-state index contributed by atoms with van der Waals surface area (Å²) in [4.78, 5) is 4.75. The van der Waals surface area contributed by atoms with Gasteiger partial charge in [0.15, 0.2) is 0 Å². The average Bonchev–Trinajstić information content (AvgIpc) is 3.21. The Hall–Kier alpha value is -6.46. The summed E-state index contributed by atoms with van der Waals surface area (Å²) in [6.45, 7) is 4.56. The van der Waals surface area contributed by atoms with Crippen molar-refractivity contribution in [3.05, 3.63) is 181 Å². The van der Waals surface area contributed by atoms with Crippen molar-refractivity contribution >= 4 is 62.3 Å². The predicted octanol–water partition coefficient (Wildman–Crippen LogP) is 11.0. The van der Waals surface area contributed by atoms with Gasteiger partial charge < -0.3 is 19.3 Å². The second-order valence-electron chi connectivity index (χ2n) is 15.2. The van der Waals surface area contributed by atoms with Gasteiger partial charge in [-0.1, -0.05) is 111 Å². The van der Waals surface area contributed by atoms with Crippen LogP contribution in [0, 0.1) is 0 Å². The molecule has 5 heteroatoms. The molecule has 0 aromatic heterocycles. The number of anilines is 5. The van der Waals surface area contributed by atoms with Gasteiger partial charge in [-0.15, -0.1) is 0 Å². The Labute approximate surface area is 316 Å². The lowest BCUT2D eigenvalue weighted by Crippen LogP contribution is -2.60. The first-order valence-corrected chi connectivity index (χ1v) is 18.9. The van der Waals surface area contributed by atoms with Crippen molar-refractivity contribution in [1.29, 1.82) is 0 Å². The minimum absolute atomic E-state index is 0.00383. The number of benzene rings is 7. The van der Waals surface area contributed by atoms with Gasteiger partial charge in [0.1, 0.15) is 23.0 Å². The molecule has 0 amide bonds. The molecule has 0 fully saturated rings. The van der Waals surface area contributed by atoms with Crippen LogP contribution < -0.4 is 35.7 Å². The topological polar surface area (TPSA) is 24.9 Å². The molecule has 11 rings (SSSR count). The van der Waals surface area contributed by atoms with Gasteiger partial charge in [0.05, 0.1) is 0 Å². The quantitative estimate of drug-likeness (QED) is 0.171. The monoisotopic (exact) mass is 696 g/mol. The molecule has 54 heavy (non-hydrogen) atoms. The minimum atomic E-state index is -0.188. The largest absolute Gasteiger partial charge is 0.458 e. The smallest absolute Gasteiger partial charge is 0.257 e. The van der Waals surface area contributed by atoms with E-state index in [9.17, 15) is 0 Å². The second-order valence-corrected chi connectivity index (χ2v) is 15.2. The highest BCUT2D eigenvalue weighted by molar-refractivity contribution is 7.00. The summed E-state index contributed by atoms with van der Waals surface area (Å²) in [7, 11) is 0. The molecule has 0 saturated carbocycles. The lowest BCUT2D eigenvalue weighted by atomic mass is 9.33. The zero-order valence-electron chi connectivity index (χ0n) is 30.3. The van der Waals surface area contributed by atoms with E-state index in [2.05, 4.69) is 181 Å². The van der Waals surface area contributed by atoms with Crippen molar-refractivity contribution in [2.24, 2.45) is 0 Å².